The molecule has 0 heterocycles. The van der Waals surface area contributed by atoms with Gasteiger partial charge >= 0.3 is 0 Å². The number of hydrogen-bond acceptors (Lipinski definition) is 2. The zero-order valence-corrected chi connectivity index (χ0v) is 12.1. The SMILES string of the molecule is CCN(Cc1cccc(Cl)c1)C(=O)c1ccc(N)cc1. The topological polar surface area (TPSA) is 46.3 Å². The molecule has 0 bridgehead atoms. The summed E-state index contributed by atoms with van der Waals surface area (Å²) in [7, 11) is 0. The standard InChI is InChI=1S/C16H17ClN2O/c1-2-19(11-12-4-3-5-14(17)10-12)16(20)13-6-8-15(18)9-7-13/h3-10H,2,11,18H2,1H3. The van der Waals surface area contributed by atoms with E-state index in [9.17, 15) is 4.79 Å². The van der Waals surface area contributed by atoms with Crippen molar-refractivity contribution in [2.24, 2.45) is 0 Å². The van der Waals surface area contributed by atoms with Crippen molar-refractivity contribution in [3.63, 3.8) is 0 Å². The molecule has 0 aromatic heterocycles. The number of amides is 1. The maximum atomic E-state index is 12.4. The van der Waals surface area contributed by atoms with Gasteiger partial charge in [0.1, 0.15) is 0 Å². The van der Waals surface area contributed by atoms with Gasteiger partial charge in [-0.15, -0.1) is 0 Å². The molecule has 2 N–H and O–H groups in total. The first kappa shape index (κ1) is 14.4. The van der Waals surface area contributed by atoms with Gasteiger partial charge < -0.3 is 10.6 Å². The third-order valence-electron chi connectivity index (χ3n) is 3.09. The van der Waals surface area contributed by atoms with Gasteiger partial charge in [0.05, 0.1) is 0 Å². The first-order valence-corrected chi connectivity index (χ1v) is 6.87. The van der Waals surface area contributed by atoms with Crippen LogP contribution in [0.3, 0.4) is 0 Å². The Balaban J connectivity index is 2.15. The number of hydrogen-bond donors (Lipinski definition) is 1. The number of nitrogens with zero attached hydrogens (tertiary/aromatic N) is 1. The van der Waals surface area contributed by atoms with E-state index in [1.807, 2.05) is 31.2 Å². The maximum absolute atomic E-state index is 12.4. The highest BCUT2D eigenvalue weighted by atomic mass is 35.5. The molecule has 0 radical (unpaired) electrons. The van der Waals surface area contributed by atoms with Gasteiger partial charge in [-0.2, -0.15) is 0 Å². The lowest BCUT2D eigenvalue weighted by Crippen LogP contribution is -2.30. The minimum atomic E-state index is -0.00697. The van der Waals surface area contributed by atoms with E-state index in [0.717, 1.165) is 5.56 Å². The van der Waals surface area contributed by atoms with Crippen molar-refractivity contribution in [1.29, 1.82) is 0 Å². The zero-order valence-electron chi connectivity index (χ0n) is 11.3. The van der Waals surface area contributed by atoms with Crippen molar-refractivity contribution >= 4 is 23.2 Å². The molecule has 0 saturated carbocycles. The smallest absolute Gasteiger partial charge is 0.254 e. The first-order valence-electron chi connectivity index (χ1n) is 6.49. The number of halogens is 1. The number of carbonyl (C=O) groups excluding carboxylic acids is 1. The average Bonchev–Trinajstić information content (AvgIpc) is 2.45. The molecule has 0 spiro atoms. The lowest BCUT2D eigenvalue weighted by molar-refractivity contribution is 0.0752. The Hall–Kier alpha value is -2.00. The molecule has 0 unspecified atom stereocenters. The highest BCUT2D eigenvalue weighted by molar-refractivity contribution is 6.30. The summed E-state index contributed by atoms with van der Waals surface area (Å²) in [5, 5.41) is 0.679. The van der Waals surface area contributed by atoms with E-state index in [1.54, 1.807) is 29.2 Å². The average molecular weight is 289 g/mol. The Labute approximate surface area is 124 Å². The van der Waals surface area contributed by atoms with Crippen molar-refractivity contribution in [3.8, 4) is 0 Å². The Morgan fingerprint density at radius 2 is 1.90 bits per heavy atom. The van der Waals surface area contributed by atoms with Gasteiger partial charge in [0, 0.05) is 29.4 Å². The van der Waals surface area contributed by atoms with E-state index in [1.165, 1.54) is 0 Å². The van der Waals surface area contributed by atoms with Crippen molar-refractivity contribution in [3.05, 3.63) is 64.7 Å². The van der Waals surface area contributed by atoms with E-state index >= 15 is 0 Å². The van der Waals surface area contributed by atoms with Crippen molar-refractivity contribution in [2.75, 3.05) is 12.3 Å². The van der Waals surface area contributed by atoms with Gasteiger partial charge in [0.15, 0.2) is 0 Å². The highest BCUT2D eigenvalue weighted by Crippen LogP contribution is 2.15. The predicted octanol–water partition coefficient (Wildman–Crippen LogP) is 3.58. The third kappa shape index (κ3) is 3.52. The Morgan fingerprint density at radius 1 is 1.20 bits per heavy atom. The molecule has 2 aromatic carbocycles. The van der Waals surface area contributed by atoms with Crippen LogP contribution in [0, 0.1) is 0 Å². The third-order valence-corrected chi connectivity index (χ3v) is 3.32. The fourth-order valence-electron chi connectivity index (χ4n) is 1.99. The van der Waals surface area contributed by atoms with Crippen molar-refractivity contribution in [2.45, 2.75) is 13.5 Å². The number of nitrogen functional groups attached to an aromatic ring is 1. The predicted molar refractivity (Wildman–Crippen MR) is 82.7 cm³/mol. The molecular weight excluding hydrogens is 272 g/mol. The monoisotopic (exact) mass is 288 g/mol. The van der Waals surface area contributed by atoms with Gasteiger partial charge in [-0.25, -0.2) is 0 Å². The minimum Gasteiger partial charge on any atom is -0.399 e. The van der Waals surface area contributed by atoms with Gasteiger partial charge in [-0.1, -0.05) is 23.7 Å². The number of rotatable bonds is 4. The van der Waals surface area contributed by atoms with Crippen LogP contribution in [0.25, 0.3) is 0 Å². The molecule has 1 amide bonds. The number of benzene rings is 2. The van der Waals surface area contributed by atoms with Crippen molar-refractivity contribution in [1.82, 2.24) is 4.90 Å². The lowest BCUT2D eigenvalue weighted by Gasteiger charge is -2.21. The summed E-state index contributed by atoms with van der Waals surface area (Å²) in [5.74, 6) is -0.00697. The molecule has 0 saturated heterocycles. The summed E-state index contributed by atoms with van der Waals surface area (Å²) in [4.78, 5) is 14.2. The van der Waals surface area contributed by atoms with Gasteiger partial charge in [-0.05, 0) is 48.9 Å². The van der Waals surface area contributed by atoms with E-state index < -0.39 is 0 Å². The molecule has 2 rings (SSSR count). The highest BCUT2D eigenvalue weighted by Gasteiger charge is 2.14. The van der Waals surface area contributed by atoms with Crippen LogP contribution in [0.2, 0.25) is 5.02 Å². The normalized spacial score (nSPS) is 10.3. The summed E-state index contributed by atoms with van der Waals surface area (Å²) in [6.07, 6.45) is 0. The molecule has 3 nitrogen and oxygen atoms in total. The van der Waals surface area contributed by atoms with Crippen molar-refractivity contribution < 1.29 is 4.79 Å². The Kier molecular flexibility index (Phi) is 4.64. The molecule has 104 valence electrons. The van der Waals surface area contributed by atoms with E-state index in [2.05, 4.69) is 0 Å². The zero-order chi connectivity index (χ0) is 14.5. The van der Waals surface area contributed by atoms with Crippen LogP contribution in [0.1, 0.15) is 22.8 Å². The number of anilines is 1. The van der Waals surface area contributed by atoms with Gasteiger partial charge in [-0.3, -0.25) is 4.79 Å². The van der Waals surface area contributed by atoms with Crippen LogP contribution in [0.5, 0.6) is 0 Å². The molecular formula is C16H17ClN2O. The molecule has 0 aliphatic heterocycles. The second-order valence-electron chi connectivity index (χ2n) is 4.57. The first-order chi connectivity index (χ1) is 9.60. The fraction of sp³-hybridized carbons (Fsp3) is 0.188. The van der Waals surface area contributed by atoms with Gasteiger partial charge in [0.2, 0.25) is 0 Å². The van der Waals surface area contributed by atoms with Crippen LogP contribution in [0.15, 0.2) is 48.5 Å². The Bertz CT molecular complexity index is 596. The number of nitrogens with two attached hydrogens (primary N) is 1. The lowest BCUT2D eigenvalue weighted by atomic mass is 10.1. The van der Waals surface area contributed by atoms with E-state index in [4.69, 9.17) is 17.3 Å². The van der Waals surface area contributed by atoms with E-state index in [0.29, 0.717) is 29.4 Å². The number of carbonyl (C=O) groups is 1. The summed E-state index contributed by atoms with van der Waals surface area (Å²) in [6, 6.07) is 14.5. The molecule has 0 aliphatic carbocycles. The summed E-state index contributed by atoms with van der Waals surface area (Å²) in [5.41, 5.74) is 7.95. The summed E-state index contributed by atoms with van der Waals surface area (Å²) in [6.45, 7) is 3.13. The van der Waals surface area contributed by atoms with Crippen LogP contribution in [-0.2, 0) is 6.54 Å². The summed E-state index contributed by atoms with van der Waals surface area (Å²) < 4.78 is 0. The second-order valence-corrected chi connectivity index (χ2v) is 5.01. The maximum Gasteiger partial charge on any atom is 0.254 e. The molecule has 0 aliphatic rings. The molecule has 2 aromatic rings. The Morgan fingerprint density at radius 3 is 2.50 bits per heavy atom. The van der Waals surface area contributed by atoms with Crippen LogP contribution in [0.4, 0.5) is 5.69 Å². The molecule has 20 heavy (non-hydrogen) atoms. The fourth-order valence-corrected chi connectivity index (χ4v) is 2.20. The largest absolute Gasteiger partial charge is 0.399 e. The van der Waals surface area contributed by atoms with Gasteiger partial charge in [0.25, 0.3) is 5.91 Å². The second kappa shape index (κ2) is 6.44. The molecule has 0 fully saturated rings. The summed E-state index contributed by atoms with van der Waals surface area (Å²) >= 11 is 5.97. The molecule has 0 atom stereocenters. The quantitative estimate of drug-likeness (QED) is 0.874. The van der Waals surface area contributed by atoms with Crippen LogP contribution in [-0.4, -0.2) is 17.4 Å². The molecule has 4 heteroatoms. The van der Waals surface area contributed by atoms with Crippen LogP contribution < -0.4 is 5.73 Å². The van der Waals surface area contributed by atoms with Crippen LogP contribution >= 0.6 is 11.6 Å². The minimum absolute atomic E-state index is 0.00697. The van der Waals surface area contributed by atoms with E-state index in [-0.39, 0.29) is 5.91 Å².